The molecule has 0 fully saturated rings. The first-order valence-corrected chi connectivity index (χ1v) is 7.13. The molecule has 0 bridgehead atoms. The minimum absolute atomic E-state index is 0.367. The number of hydrogen-bond donors (Lipinski definition) is 1. The normalized spacial score (nSPS) is 20.0. The summed E-state index contributed by atoms with van der Waals surface area (Å²) < 4.78 is 5.55. The maximum Gasteiger partial charge on any atom is 0.108 e. The molecule has 19 heavy (non-hydrogen) atoms. The van der Waals surface area contributed by atoms with Gasteiger partial charge in [0, 0.05) is 24.1 Å². The third-order valence-electron chi connectivity index (χ3n) is 4.08. The van der Waals surface area contributed by atoms with Crippen LogP contribution >= 0.6 is 0 Å². The molecule has 100 valence electrons. The summed E-state index contributed by atoms with van der Waals surface area (Å²) in [6.07, 6.45) is 5.31. The van der Waals surface area contributed by atoms with Gasteiger partial charge in [-0.15, -0.1) is 0 Å². The molecule has 2 heteroatoms. The van der Waals surface area contributed by atoms with Crippen LogP contribution in [0.15, 0.2) is 41.0 Å². The van der Waals surface area contributed by atoms with Crippen molar-refractivity contribution < 1.29 is 4.42 Å². The number of nitrogens with one attached hydrogen (secondary N) is 1. The second kappa shape index (κ2) is 5.22. The third-order valence-corrected chi connectivity index (χ3v) is 4.08. The molecule has 0 saturated carbocycles. The zero-order valence-electron chi connectivity index (χ0n) is 11.6. The lowest BCUT2D eigenvalue weighted by molar-refractivity contribution is 0.385. The summed E-state index contributed by atoms with van der Waals surface area (Å²) in [5, 5.41) is 3.74. The van der Waals surface area contributed by atoms with E-state index in [0.29, 0.717) is 12.1 Å². The van der Waals surface area contributed by atoms with Crippen molar-refractivity contribution in [1.29, 1.82) is 0 Å². The van der Waals surface area contributed by atoms with Gasteiger partial charge in [0.2, 0.25) is 0 Å². The zero-order chi connectivity index (χ0) is 13.2. The zero-order valence-corrected chi connectivity index (χ0v) is 11.6. The first-order chi connectivity index (χ1) is 9.24. The van der Waals surface area contributed by atoms with Crippen molar-refractivity contribution in [3.8, 4) is 0 Å². The molecular weight excluding hydrogens is 234 g/mol. The van der Waals surface area contributed by atoms with Crippen molar-refractivity contribution in [2.75, 3.05) is 0 Å². The first-order valence-electron chi connectivity index (χ1n) is 7.13. The molecule has 1 heterocycles. The molecule has 0 saturated heterocycles. The lowest BCUT2D eigenvalue weighted by Gasteiger charge is -2.26. The monoisotopic (exact) mass is 255 g/mol. The van der Waals surface area contributed by atoms with Gasteiger partial charge in [0.15, 0.2) is 0 Å². The maximum atomic E-state index is 5.55. The molecular formula is C17H21NO. The summed E-state index contributed by atoms with van der Waals surface area (Å²) in [7, 11) is 0. The highest BCUT2D eigenvalue weighted by molar-refractivity contribution is 5.27. The number of fused-ring (bicyclic) bond motifs is 1. The summed E-state index contributed by atoms with van der Waals surface area (Å²) in [5.41, 5.74) is 4.01. The van der Waals surface area contributed by atoms with Gasteiger partial charge in [0.25, 0.3) is 0 Å². The van der Waals surface area contributed by atoms with Crippen molar-refractivity contribution >= 4 is 0 Å². The smallest absolute Gasteiger partial charge is 0.108 e. The Bertz CT molecular complexity index is 541. The predicted octanol–water partition coefficient (Wildman–Crippen LogP) is 4.32. The van der Waals surface area contributed by atoms with Crippen molar-refractivity contribution in [3.63, 3.8) is 0 Å². The van der Waals surface area contributed by atoms with Gasteiger partial charge >= 0.3 is 0 Å². The van der Waals surface area contributed by atoms with E-state index < -0.39 is 0 Å². The molecule has 0 amide bonds. The van der Waals surface area contributed by atoms with E-state index in [1.165, 1.54) is 35.3 Å². The van der Waals surface area contributed by atoms with Crippen LogP contribution in [0.2, 0.25) is 0 Å². The SMILES string of the molecule is Cc1ccc([C@@H](C)NC2CCCc3occc32)cc1. The van der Waals surface area contributed by atoms with E-state index >= 15 is 0 Å². The van der Waals surface area contributed by atoms with Crippen molar-refractivity contribution in [2.24, 2.45) is 0 Å². The Morgan fingerprint density at radius 1 is 1.21 bits per heavy atom. The Morgan fingerprint density at radius 2 is 2.00 bits per heavy atom. The Morgan fingerprint density at radius 3 is 2.79 bits per heavy atom. The fraction of sp³-hybridized carbons (Fsp3) is 0.412. The Kier molecular flexibility index (Phi) is 3.43. The predicted molar refractivity (Wildman–Crippen MR) is 77.1 cm³/mol. The average molecular weight is 255 g/mol. The summed E-state index contributed by atoms with van der Waals surface area (Å²) in [6.45, 7) is 4.36. The summed E-state index contributed by atoms with van der Waals surface area (Å²) in [5.74, 6) is 1.17. The van der Waals surface area contributed by atoms with E-state index in [1.54, 1.807) is 0 Å². The molecule has 0 aliphatic heterocycles. The van der Waals surface area contributed by atoms with Crippen molar-refractivity contribution in [1.82, 2.24) is 5.32 Å². The minimum atomic E-state index is 0.367. The molecule has 2 aromatic rings. The molecule has 1 aliphatic rings. The van der Waals surface area contributed by atoms with Gasteiger partial charge in [0.1, 0.15) is 5.76 Å². The molecule has 1 aromatic heterocycles. The number of benzene rings is 1. The van der Waals surface area contributed by atoms with Gasteiger partial charge in [-0.05, 0) is 38.3 Å². The van der Waals surface area contributed by atoms with Crippen molar-refractivity contribution in [2.45, 2.75) is 45.2 Å². The van der Waals surface area contributed by atoms with Crippen LogP contribution < -0.4 is 5.32 Å². The standard InChI is InChI=1S/C17H21NO/c1-12-6-8-14(9-7-12)13(2)18-16-4-3-5-17-15(16)10-11-19-17/h6-11,13,16,18H,3-5H2,1-2H3/t13-,16?/m1/s1. The molecule has 1 aliphatic carbocycles. The van der Waals surface area contributed by atoms with Crippen LogP contribution in [0.25, 0.3) is 0 Å². The molecule has 3 rings (SSSR count). The fourth-order valence-electron chi connectivity index (χ4n) is 2.91. The average Bonchev–Trinajstić information content (AvgIpc) is 2.89. The van der Waals surface area contributed by atoms with E-state index in [9.17, 15) is 0 Å². The molecule has 0 radical (unpaired) electrons. The van der Waals surface area contributed by atoms with Crippen LogP contribution in [0.3, 0.4) is 0 Å². The van der Waals surface area contributed by atoms with Gasteiger partial charge in [-0.25, -0.2) is 0 Å². The van der Waals surface area contributed by atoms with Crippen LogP contribution in [0.1, 0.15) is 54.3 Å². The van der Waals surface area contributed by atoms with E-state index in [0.717, 1.165) is 6.42 Å². The van der Waals surface area contributed by atoms with E-state index in [1.807, 2.05) is 6.26 Å². The number of aryl methyl sites for hydroxylation is 2. The van der Waals surface area contributed by atoms with Crippen LogP contribution in [0.5, 0.6) is 0 Å². The highest BCUT2D eigenvalue weighted by Gasteiger charge is 2.23. The number of hydrogen-bond acceptors (Lipinski definition) is 2. The summed E-state index contributed by atoms with van der Waals surface area (Å²) in [4.78, 5) is 0. The highest BCUT2D eigenvalue weighted by Crippen LogP contribution is 2.32. The van der Waals surface area contributed by atoms with Gasteiger partial charge in [-0.3, -0.25) is 0 Å². The first kappa shape index (κ1) is 12.5. The second-order valence-corrected chi connectivity index (χ2v) is 5.54. The highest BCUT2D eigenvalue weighted by atomic mass is 16.3. The Balaban J connectivity index is 1.74. The second-order valence-electron chi connectivity index (χ2n) is 5.54. The number of furan rings is 1. The van der Waals surface area contributed by atoms with Crippen LogP contribution in [-0.4, -0.2) is 0 Å². The van der Waals surface area contributed by atoms with E-state index in [2.05, 4.69) is 49.5 Å². The van der Waals surface area contributed by atoms with Crippen LogP contribution in [0, 0.1) is 6.92 Å². The molecule has 1 aromatic carbocycles. The Labute approximate surface area is 114 Å². The Hall–Kier alpha value is -1.54. The topological polar surface area (TPSA) is 25.2 Å². The van der Waals surface area contributed by atoms with Gasteiger partial charge in [-0.2, -0.15) is 0 Å². The van der Waals surface area contributed by atoms with Crippen LogP contribution in [0.4, 0.5) is 0 Å². The minimum Gasteiger partial charge on any atom is -0.469 e. The quantitative estimate of drug-likeness (QED) is 0.883. The van der Waals surface area contributed by atoms with Gasteiger partial charge in [0.05, 0.1) is 6.26 Å². The van der Waals surface area contributed by atoms with Gasteiger partial charge in [-0.1, -0.05) is 29.8 Å². The van der Waals surface area contributed by atoms with E-state index in [-0.39, 0.29) is 0 Å². The summed E-state index contributed by atoms with van der Waals surface area (Å²) >= 11 is 0. The maximum absolute atomic E-state index is 5.55. The lowest BCUT2D eigenvalue weighted by atomic mass is 9.92. The lowest BCUT2D eigenvalue weighted by Crippen LogP contribution is -2.27. The molecule has 0 spiro atoms. The van der Waals surface area contributed by atoms with Crippen molar-refractivity contribution in [3.05, 3.63) is 59.0 Å². The van der Waals surface area contributed by atoms with Crippen LogP contribution in [-0.2, 0) is 6.42 Å². The number of rotatable bonds is 3. The summed E-state index contributed by atoms with van der Waals surface area (Å²) in [6, 6.07) is 11.7. The fourth-order valence-corrected chi connectivity index (χ4v) is 2.91. The molecule has 1 N–H and O–H groups in total. The third kappa shape index (κ3) is 2.59. The molecule has 2 atom stereocenters. The van der Waals surface area contributed by atoms with Gasteiger partial charge < -0.3 is 9.73 Å². The van der Waals surface area contributed by atoms with E-state index in [4.69, 9.17) is 4.42 Å². The molecule has 2 nitrogen and oxygen atoms in total. The molecule has 1 unspecified atom stereocenters. The largest absolute Gasteiger partial charge is 0.469 e.